The van der Waals surface area contributed by atoms with Gasteiger partial charge in [0.25, 0.3) is 5.91 Å². The second kappa shape index (κ2) is 7.17. The predicted octanol–water partition coefficient (Wildman–Crippen LogP) is 1.01. The zero-order chi connectivity index (χ0) is 17.9. The first-order chi connectivity index (χ1) is 12.7. The van der Waals surface area contributed by atoms with Crippen LogP contribution in [0.5, 0.6) is 0 Å². The maximum Gasteiger partial charge on any atom is 0.251 e. The van der Waals surface area contributed by atoms with Gasteiger partial charge in [-0.3, -0.25) is 14.7 Å². The Labute approximate surface area is 151 Å². The van der Waals surface area contributed by atoms with Gasteiger partial charge in [0.2, 0.25) is 0 Å². The zero-order valence-corrected chi connectivity index (χ0v) is 14.7. The second-order valence-corrected chi connectivity index (χ2v) is 6.73. The Morgan fingerprint density at radius 2 is 2.27 bits per heavy atom. The summed E-state index contributed by atoms with van der Waals surface area (Å²) in [6.45, 7) is 3.35. The highest BCUT2D eigenvalue weighted by Crippen LogP contribution is 2.18. The van der Waals surface area contributed by atoms with Gasteiger partial charge in [-0.05, 0) is 53.6 Å². The molecule has 0 radical (unpaired) electrons. The number of likely N-dealkylation sites (tertiary alicyclic amines) is 1. The van der Waals surface area contributed by atoms with E-state index in [-0.39, 0.29) is 5.91 Å². The molecular weight excluding hydrogens is 330 g/mol. The molecule has 1 aromatic carbocycles. The number of aromatic nitrogens is 5. The summed E-state index contributed by atoms with van der Waals surface area (Å²) in [5, 5.41) is 15.6. The largest absolute Gasteiger partial charge is 0.352 e. The lowest BCUT2D eigenvalue weighted by Gasteiger charge is -2.15. The van der Waals surface area contributed by atoms with E-state index in [0.717, 1.165) is 42.8 Å². The first-order valence-electron chi connectivity index (χ1n) is 8.75. The molecule has 0 spiro atoms. The van der Waals surface area contributed by atoms with Gasteiger partial charge in [-0.25, -0.2) is 4.68 Å². The number of nitrogens with zero attached hydrogens (tertiary/aromatic N) is 6. The molecule has 3 heterocycles. The van der Waals surface area contributed by atoms with E-state index in [1.165, 1.54) is 0 Å². The molecule has 1 aliphatic heterocycles. The molecular formula is C18H21N7O. The van der Waals surface area contributed by atoms with Crippen LogP contribution in [-0.4, -0.2) is 55.6 Å². The van der Waals surface area contributed by atoms with Gasteiger partial charge in [-0.1, -0.05) is 6.07 Å². The fraction of sp³-hybridized carbons (Fsp3) is 0.389. The number of hydrogen-bond acceptors (Lipinski definition) is 6. The molecule has 1 amide bonds. The zero-order valence-electron chi connectivity index (χ0n) is 14.7. The first kappa shape index (κ1) is 16.6. The summed E-state index contributed by atoms with van der Waals surface area (Å²) in [6, 6.07) is 9.45. The number of carbonyl (C=O) groups is 1. The van der Waals surface area contributed by atoms with E-state index in [2.05, 4.69) is 30.7 Å². The summed E-state index contributed by atoms with van der Waals surface area (Å²) in [4.78, 5) is 19.1. The normalized spacial score (nSPS) is 17.7. The monoisotopic (exact) mass is 351 g/mol. The Kier molecular flexibility index (Phi) is 4.57. The van der Waals surface area contributed by atoms with Crippen molar-refractivity contribution in [2.75, 3.05) is 19.6 Å². The molecule has 1 fully saturated rings. The fourth-order valence-electron chi connectivity index (χ4n) is 3.36. The number of tetrazole rings is 1. The molecule has 26 heavy (non-hydrogen) atoms. The molecule has 2 aromatic heterocycles. The molecule has 8 nitrogen and oxygen atoms in total. The Morgan fingerprint density at radius 1 is 1.35 bits per heavy atom. The van der Waals surface area contributed by atoms with Gasteiger partial charge in [0.05, 0.1) is 12.1 Å². The maximum absolute atomic E-state index is 12.5. The van der Waals surface area contributed by atoms with Gasteiger partial charge in [-0.15, -0.1) is 5.10 Å². The van der Waals surface area contributed by atoms with Crippen molar-refractivity contribution in [2.45, 2.75) is 13.0 Å². The van der Waals surface area contributed by atoms with Crippen molar-refractivity contribution in [3.8, 4) is 0 Å². The predicted molar refractivity (Wildman–Crippen MR) is 96.3 cm³/mol. The van der Waals surface area contributed by atoms with Crippen molar-refractivity contribution in [3.63, 3.8) is 0 Å². The van der Waals surface area contributed by atoms with Crippen LogP contribution in [0.15, 0.2) is 36.5 Å². The number of hydrogen-bond donors (Lipinski definition) is 1. The van der Waals surface area contributed by atoms with Crippen LogP contribution in [0.25, 0.3) is 10.9 Å². The van der Waals surface area contributed by atoms with Crippen LogP contribution in [0, 0.1) is 5.92 Å². The van der Waals surface area contributed by atoms with Crippen LogP contribution in [0.1, 0.15) is 22.6 Å². The standard InChI is InChI=1S/C18H21N7O/c1-24-17(21-22-23-24)12-25-8-6-13(11-25)10-20-18(26)15-4-5-16-14(9-15)3-2-7-19-16/h2-5,7,9,13H,6,8,10-12H2,1H3,(H,20,26). The molecule has 8 heteroatoms. The fourth-order valence-corrected chi connectivity index (χ4v) is 3.36. The van der Waals surface area contributed by atoms with Crippen LogP contribution >= 0.6 is 0 Å². The van der Waals surface area contributed by atoms with Crippen LogP contribution in [0.4, 0.5) is 0 Å². The lowest BCUT2D eigenvalue weighted by molar-refractivity contribution is 0.0947. The van der Waals surface area contributed by atoms with E-state index in [0.29, 0.717) is 18.0 Å². The number of rotatable bonds is 5. The summed E-state index contributed by atoms with van der Waals surface area (Å²) in [7, 11) is 1.85. The van der Waals surface area contributed by atoms with Crippen LogP contribution < -0.4 is 5.32 Å². The van der Waals surface area contributed by atoms with E-state index in [9.17, 15) is 4.79 Å². The van der Waals surface area contributed by atoms with Crippen LogP contribution in [-0.2, 0) is 13.6 Å². The van der Waals surface area contributed by atoms with Crippen LogP contribution in [0.2, 0.25) is 0 Å². The van der Waals surface area contributed by atoms with Crippen molar-refractivity contribution >= 4 is 16.8 Å². The van der Waals surface area contributed by atoms with E-state index in [1.54, 1.807) is 10.9 Å². The molecule has 1 saturated heterocycles. The molecule has 0 aliphatic carbocycles. The van der Waals surface area contributed by atoms with E-state index in [4.69, 9.17) is 0 Å². The van der Waals surface area contributed by atoms with E-state index < -0.39 is 0 Å². The number of fused-ring (bicyclic) bond motifs is 1. The Bertz CT molecular complexity index is 923. The van der Waals surface area contributed by atoms with E-state index in [1.807, 2.05) is 37.4 Å². The second-order valence-electron chi connectivity index (χ2n) is 6.73. The maximum atomic E-state index is 12.5. The van der Waals surface area contributed by atoms with Crippen molar-refractivity contribution in [2.24, 2.45) is 13.0 Å². The third kappa shape index (κ3) is 3.55. The number of benzene rings is 1. The SMILES string of the molecule is Cn1nnnc1CN1CCC(CNC(=O)c2ccc3ncccc3c2)C1. The number of amides is 1. The molecule has 1 unspecified atom stereocenters. The summed E-state index contributed by atoms with van der Waals surface area (Å²) >= 11 is 0. The minimum absolute atomic E-state index is 0.0355. The average Bonchev–Trinajstić information content (AvgIpc) is 3.29. The quantitative estimate of drug-likeness (QED) is 0.738. The van der Waals surface area contributed by atoms with Gasteiger partial charge in [-0.2, -0.15) is 0 Å². The Balaban J connectivity index is 1.31. The molecule has 1 aliphatic rings. The highest BCUT2D eigenvalue weighted by atomic mass is 16.1. The summed E-state index contributed by atoms with van der Waals surface area (Å²) in [6.07, 6.45) is 2.82. The number of aryl methyl sites for hydroxylation is 1. The minimum Gasteiger partial charge on any atom is -0.352 e. The highest BCUT2D eigenvalue weighted by Gasteiger charge is 2.24. The average molecular weight is 351 g/mol. The van der Waals surface area contributed by atoms with Gasteiger partial charge in [0.15, 0.2) is 5.82 Å². The number of carbonyl (C=O) groups excluding carboxylic acids is 1. The summed E-state index contributed by atoms with van der Waals surface area (Å²) in [5.74, 6) is 1.27. The molecule has 0 bridgehead atoms. The molecule has 1 atom stereocenters. The number of nitrogens with one attached hydrogen (secondary N) is 1. The van der Waals surface area contributed by atoms with Crippen LogP contribution in [0.3, 0.4) is 0 Å². The first-order valence-corrected chi connectivity index (χ1v) is 8.75. The Morgan fingerprint density at radius 3 is 3.12 bits per heavy atom. The lowest BCUT2D eigenvalue weighted by Crippen LogP contribution is -2.31. The molecule has 3 aromatic rings. The third-order valence-electron chi connectivity index (χ3n) is 4.86. The molecule has 1 N–H and O–H groups in total. The molecule has 4 rings (SSSR count). The topological polar surface area (TPSA) is 88.8 Å². The summed E-state index contributed by atoms with van der Waals surface area (Å²) < 4.78 is 1.70. The van der Waals surface area contributed by atoms with Gasteiger partial charge < -0.3 is 5.32 Å². The summed E-state index contributed by atoms with van der Waals surface area (Å²) in [5.41, 5.74) is 1.57. The van der Waals surface area contributed by atoms with Gasteiger partial charge in [0, 0.05) is 37.3 Å². The van der Waals surface area contributed by atoms with Gasteiger partial charge >= 0.3 is 0 Å². The molecule has 134 valence electrons. The lowest BCUT2D eigenvalue weighted by atomic mass is 10.1. The Hall–Kier alpha value is -2.87. The van der Waals surface area contributed by atoms with Gasteiger partial charge in [0.1, 0.15) is 0 Å². The highest BCUT2D eigenvalue weighted by molar-refractivity contribution is 5.97. The molecule has 0 saturated carbocycles. The third-order valence-corrected chi connectivity index (χ3v) is 4.86. The smallest absolute Gasteiger partial charge is 0.251 e. The van der Waals surface area contributed by atoms with Crippen molar-refractivity contribution < 1.29 is 4.79 Å². The van der Waals surface area contributed by atoms with E-state index >= 15 is 0 Å². The van der Waals surface area contributed by atoms with Crippen molar-refractivity contribution in [1.29, 1.82) is 0 Å². The number of pyridine rings is 1. The minimum atomic E-state index is -0.0355. The van der Waals surface area contributed by atoms with Crippen molar-refractivity contribution in [3.05, 3.63) is 47.9 Å². The van der Waals surface area contributed by atoms with Crippen molar-refractivity contribution in [1.82, 2.24) is 35.4 Å².